The van der Waals surface area contributed by atoms with Crippen LogP contribution in [0, 0.1) is 0 Å². The van der Waals surface area contributed by atoms with E-state index in [1.165, 1.54) is 6.92 Å². The van der Waals surface area contributed by atoms with Crippen molar-refractivity contribution < 1.29 is 14.4 Å². The lowest BCUT2D eigenvalue weighted by Gasteiger charge is -2.01. The van der Waals surface area contributed by atoms with Crippen LogP contribution in [0.15, 0.2) is 0 Å². The minimum absolute atomic E-state index is 0.120. The molecule has 0 aliphatic heterocycles. The molecule has 94 valence electrons. The minimum atomic E-state index is -0.554. The molecule has 0 atom stereocenters. The molecule has 5 heteroatoms. The van der Waals surface area contributed by atoms with E-state index >= 15 is 0 Å². The number of nitrogens with two attached hydrogens (primary N) is 1. The molecule has 3 N–H and O–H groups in total. The van der Waals surface area contributed by atoms with Gasteiger partial charge in [0, 0.05) is 12.8 Å². The van der Waals surface area contributed by atoms with Crippen LogP contribution in [0.5, 0.6) is 0 Å². The van der Waals surface area contributed by atoms with Crippen LogP contribution in [-0.2, 0) is 14.4 Å². The number of hydrogen-bond donors (Lipinski definition) is 2. The Labute approximate surface area is 96.8 Å². The van der Waals surface area contributed by atoms with E-state index in [0.717, 1.165) is 0 Å². The molecule has 16 heavy (non-hydrogen) atoms. The van der Waals surface area contributed by atoms with Crippen LogP contribution in [-0.4, -0.2) is 24.1 Å². The highest BCUT2D eigenvalue weighted by Crippen LogP contribution is 1.99. The number of carbonyl (C=O) groups excluding carboxylic acids is 3. The van der Waals surface area contributed by atoms with Crippen molar-refractivity contribution in [2.75, 3.05) is 6.54 Å². The maximum Gasteiger partial charge on any atom is 0.236 e. The Morgan fingerprint density at radius 3 is 2.00 bits per heavy atom. The fourth-order valence-corrected chi connectivity index (χ4v) is 0.934. The summed E-state index contributed by atoms with van der Waals surface area (Å²) in [6, 6.07) is 0. The van der Waals surface area contributed by atoms with Gasteiger partial charge in [0.05, 0.1) is 6.54 Å². The van der Waals surface area contributed by atoms with Gasteiger partial charge in [0.2, 0.25) is 11.8 Å². The van der Waals surface area contributed by atoms with Gasteiger partial charge in [0.1, 0.15) is 5.78 Å². The molecule has 0 saturated heterocycles. The van der Waals surface area contributed by atoms with E-state index < -0.39 is 5.91 Å². The quantitative estimate of drug-likeness (QED) is 0.633. The molecule has 0 aromatic rings. The Morgan fingerprint density at radius 1 is 1.06 bits per heavy atom. The molecule has 0 aliphatic rings. The maximum absolute atomic E-state index is 11.0. The SMILES string of the molecule is CC.CC(=O)CCCCC(=O)NCC(N)=O. The van der Waals surface area contributed by atoms with Gasteiger partial charge in [-0.3, -0.25) is 9.59 Å². The number of amides is 2. The molecule has 0 rings (SSSR count). The van der Waals surface area contributed by atoms with E-state index in [0.29, 0.717) is 25.7 Å². The molecule has 0 aromatic carbocycles. The average molecular weight is 230 g/mol. The van der Waals surface area contributed by atoms with Crippen LogP contribution in [0.2, 0.25) is 0 Å². The molecule has 0 spiro atoms. The zero-order valence-electron chi connectivity index (χ0n) is 10.3. The monoisotopic (exact) mass is 230 g/mol. The first-order valence-electron chi connectivity index (χ1n) is 5.57. The van der Waals surface area contributed by atoms with E-state index in [9.17, 15) is 14.4 Å². The van der Waals surface area contributed by atoms with Gasteiger partial charge >= 0.3 is 0 Å². The lowest BCUT2D eigenvalue weighted by molar-refractivity contribution is -0.125. The predicted octanol–water partition coefficient (Wildman–Crippen LogP) is 0.764. The van der Waals surface area contributed by atoms with Crippen LogP contribution in [0.25, 0.3) is 0 Å². The van der Waals surface area contributed by atoms with E-state index in [1.807, 2.05) is 13.8 Å². The fourth-order valence-electron chi connectivity index (χ4n) is 0.934. The van der Waals surface area contributed by atoms with Gasteiger partial charge in [-0.1, -0.05) is 13.8 Å². The Balaban J connectivity index is 0. The van der Waals surface area contributed by atoms with Crippen molar-refractivity contribution in [1.29, 1.82) is 0 Å². The lowest BCUT2D eigenvalue weighted by Crippen LogP contribution is -2.33. The van der Waals surface area contributed by atoms with Crippen molar-refractivity contribution in [3.63, 3.8) is 0 Å². The smallest absolute Gasteiger partial charge is 0.236 e. The topological polar surface area (TPSA) is 89.3 Å². The van der Waals surface area contributed by atoms with Gasteiger partial charge in [0.15, 0.2) is 0 Å². The summed E-state index contributed by atoms with van der Waals surface area (Å²) in [7, 11) is 0. The predicted molar refractivity (Wildman–Crippen MR) is 62.7 cm³/mol. The summed E-state index contributed by atoms with van der Waals surface area (Å²) in [6.45, 7) is 5.40. The fraction of sp³-hybridized carbons (Fsp3) is 0.727. The summed E-state index contributed by atoms with van der Waals surface area (Å²) in [5, 5.41) is 2.37. The Kier molecular flexibility index (Phi) is 12.4. The second kappa shape index (κ2) is 11.7. The molecule has 0 radical (unpaired) electrons. The highest BCUT2D eigenvalue weighted by Gasteiger charge is 2.02. The van der Waals surface area contributed by atoms with Crippen molar-refractivity contribution in [2.24, 2.45) is 5.73 Å². The van der Waals surface area contributed by atoms with Crippen LogP contribution in [0.1, 0.15) is 46.5 Å². The minimum Gasteiger partial charge on any atom is -0.368 e. The molecular formula is C11H22N2O3. The molecule has 0 bridgehead atoms. The lowest BCUT2D eigenvalue weighted by atomic mass is 10.1. The standard InChI is InChI=1S/C9H16N2O3.C2H6/c1-7(12)4-2-3-5-9(14)11-6-8(10)13;1-2/h2-6H2,1H3,(H2,10,13)(H,11,14);1-2H3. The molecular weight excluding hydrogens is 208 g/mol. The van der Waals surface area contributed by atoms with E-state index in [2.05, 4.69) is 5.32 Å². The number of unbranched alkanes of at least 4 members (excludes halogenated alkanes) is 1. The van der Waals surface area contributed by atoms with E-state index in [4.69, 9.17) is 5.73 Å². The number of Topliss-reactive ketones (excluding diaryl/α,β-unsaturated/α-hetero) is 1. The largest absolute Gasteiger partial charge is 0.368 e. The zero-order valence-corrected chi connectivity index (χ0v) is 10.3. The molecule has 2 amide bonds. The zero-order chi connectivity index (χ0) is 13.0. The number of rotatable bonds is 7. The number of nitrogens with one attached hydrogen (secondary N) is 1. The molecule has 0 saturated carbocycles. The van der Waals surface area contributed by atoms with Crippen molar-refractivity contribution in [1.82, 2.24) is 5.32 Å². The van der Waals surface area contributed by atoms with Gasteiger partial charge in [-0.15, -0.1) is 0 Å². The average Bonchev–Trinajstić information content (AvgIpc) is 2.24. The first-order chi connectivity index (χ1) is 7.52. The Hall–Kier alpha value is -1.39. The van der Waals surface area contributed by atoms with Crippen molar-refractivity contribution in [2.45, 2.75) is 46.5 Å². The van der Waals surface area contributed by atoms with E-state index in [-0.39, 0.29) is 18.2 Å². The second-order valence-corrected chi connectivity index (χ2v) is 3.15. The normalized spacial score (nSPS) is 8.69. The Bertz CT molecular complexity index is 227. The Morgan fingerprint density at radius 2 is 1.56 bits per heavy atom. The molecule has 0 aliphatic carbocycles. The molecule has 0 unspecified atom stereocenters. The van der Waals surface area contributed by atoms with Gasteiger partial charge in [-0.25, -0.2) is 0 Å². The van der Waals surface area contributed by atoms with Crippen LogP contribution in [0.4, 0.5) is 0 Å². The molecule has 0 heterocycles. The van der Waals surface area contributed by atoms with Crippen LogP contribution in [0.3, 0.4) is 0 Å². The van der Waals surface area contributed by atoms with Gasteiger partial charge < -0.3 is 15.8 Å². The highest BCUT2D eigenvalue weighted by atomic mass is 16.2. The number of ketones is 1. The van der Waals surface area contributed by atoms with Gasteiger partial charge in [-0.05, 0) is 19.8 Å². The highest BCUT2D eigenvalue weighted by molar-refractivity contribution is 5.83. The summed E-state index contributed by atoms with van der Waals surface area (Å²) >= 11 is 0. The van der Waals surface area contributed by atoms with Crippen molar-refractivity contribution in [3.8, 4) is 0 Å². The second-order valence-electron chi connectivity index (χ2n) is 3.15. The first-order valence-corrected chi connectivity index (χ1v) is 5.57. The van der Waals surface area contributed by atoms with Crippen LogP contribution >= 0.6 is 0 Å². The van der Waals surface area contributed by atoms with Crippen LogP contribution < -0.4 is 11.1 Å². The van der Waals surface area contributed by atoms with E-state index in [1.54, 1.807) is 0 Å². The number of hydrogen-bond acceptors (Lipinski definition) is 3. The molecule has 0 aromatic heterocycles. The summed E-state index contributed by atoms with van der Waals surface area (Å²) in [5.41, 5.74) is 4.84. The van der Waals surface area contributed by atoms with Crippen molar-refractivity contribution in [3.05, 3.63) is 0 Å². The van der Waals surface area contributed by atoms with Gasteiger partial charge in [-0.2, -0.15) is 0 Å². The third kappa shape index (κ3) is 15.1. The van der Waals surface area contributed by atoms with Gasteiger partial charge in [0.25, 0.3) is 0 Å². The number of carbonyl (C=O) groups is 3. The third-order valence-corrected chi connectivity index (χ3v) is 1.64. The summed E-state index contributed by atoms with van der Waals surface area (Å²) in [5.74, 6) is -0.628. The first kappa shape index (κ1) is 17.0. The summed E-state index contributed by atoms with van der Waals surface area (Å²) in [4.78, 5) is 31.8. The summed E-state index contributed by atoms with van der Waals surface area (Å²) < 4.78 is 0. The number of primary amides is 1. The summed E-state index contributed by atoms with van der Waals surface area (Å²) in [6.07, 6.45) is 2.20. The van der Waals surface area contributed by atoms with Crippen molar-refractivity contribution >= 4 is 17.6 Å². The molecule has 5 nitrogen and oxygen atoms in total. The third-order valence-electron chi connectivity index (χ3n) is 1.64. The molecule has 0 fully saturated rings. The maximum atomic E-state index is 11.0.